The largest absolute Gasteiger partial charge is 0.392 e. The second kappa shape index (κ2) is 4.34. The van der Waals surface area contributed by atoms with Gasteiger partial charge in [0.05, 0.1) is 18.1 Å². The third-order valence-corrected chi connectivity index (χ3v) is 1.49. The molecule has 0 spiro atoms. The molecule has 0 amide bonds. The van der Waals surface area contributed by atoms with Gasteiger partial charge in [0.15, 0.2) is 0 Å². The van der Waals surface area contributed by atoms with Crippen molar-refractivity contribution in [3.8, 4) is 6.07 Å². The highest BCUT2D eigenvalue weighted by atomic mass is 16.3. The first-order valence-corrected chi connectivity index (χ1v) is 3.33. The molecule has 2 atom stereocenters. The minimum Gasteiger partial charge on any atom is -0.392 e. The van der Waals surface area contributed by atoms with Crippen LogP contribution in [-0.4, -0.2) is 11.2 Å². The molecule has 0 heterocycles. The van der Waals surface area contributed by atoms with Crippen LogP contribution >= 0.6 is 0 Å². The standard InChI is InChI=1S/C7H13NO/c1-3-6(5-8)7(9)4-2/h6-7,9H,3-4H2,1-2H3. The minimum atomic E-state index is -0.431. The van der Waals surface area contributed by atoms with E-state index in [1.165, 1.54) is 0 Å². The Kier molecular flexibility index (Phi) is 4.08. The molecule has 0 aromatic rings. The third-order valence-electron chi connectivity index (χ3n) is 1.49. The van der Waals surface area contributed by atoms with Crippen molar-refractivity contribution < 1.29 is 5.11 Å². The lowest BCUT2D eigenvalue weighted by Crippen LogP contribution is -2.16. The van der Waals surface area contributed by atoms with Crippen molar-refractivity contribution in [2.45, 2.75) is 32.8 Å². The van der Waals surface area contributed by atoms with Gasteiger partial charge in [-0.15, -0.1) is 0 Å². The zero-order valence-corrected chi connectivity index (χ0v) is 5.96. The zero-order valence-electron chi connectivity index (χ0n) is 5.96. The van der Waals surface area contributed by atoms with Crippen LogP contribution in [0.4, 0.5) is 0 Å². The summed E-state index contributed by atoms with van der Waals surface area (Å²) in [6.45, 7) is 3.79. The van der Waals surface area contributed by atoms with E-state index in [-0.39, 0.29) is 5.92 Å². The molecule has 0 aliphatic carbocycles. The predicted molar refractivity (Wildman–Crippen MR) is 35.7 cm³/mol. The van der Waals surface area contributed by atoms with Crippen molar-refractivity contribution in [1.29, 1.82) is 5.26 Å². The molecule has 52 valence electrons. The molecule has 0 aliphatic heterocycles. The second-order valence-corrected chi connectivity index (χ2v) is 2.12. The molecule has 0 saturated heterocycles. The molecule has 0 aliphatic rings. The Balaban J connectivity index is 3.68. The third kappa shape index (κ3) is 2.48. The number of nitriles is 1. The smallest absolute Gasteiger partial charge is 0.0720 e. The monoisotopic (exact) mass is 127 g/mol. The van der Waals surface area contributed by atoms with Crippen LogP contribution in [0.1, 0.15) is 26.7 Å². The lowest BCUT2D eigenvalue weighted by molar-refractivity contribution is 0.127. The normalized spacial score (nSPS) is 16.2. The Bertz CT molecular complexity index is 106. The van der Waals surface area contributed by atoms with Crippen LogP contribution in [0, 0.1) is 17.2 Å². The van der Waals surface area contributed by atoms with Crippen molar-refractivity contribution in [2.24, 2.45) is 5.92 Å². The van der Waals surface area contributed by atoms with Gasteiger partial charge >= 0.3 is 0 Å². The molecule has 0 rings (SSSR count). The van der Waals surface area contributed by atoms with Crippen LogP contribution in [0.3, 0.4) is 0 Å². The molecule has 0 aromatic carbocycles. The zero-order chi connectivity index (χ0) is 7.28. The van der Waals surface area contributed by atoms with Crippen molar-refractivity contribution in [3.05, 3.63) is 0 Å². The van der Waals surface area contributed by atoms with Crippen LogP contribution in [0.15, 0.2) is 0 Å². The quantitative estimate of drug-likeness (QED) is 0.621. The van der Waals surface area contributed by atoms with Gasteiger partial charge in [0, 0.05) is 0 Å². The van der Waals surface area contributed by atoms with Gasteiger partial charge in [-0.05, 0) is 12.8 Å². The van der Waals surface area contributed by atoms with E-state index >= 15 is 0 Å². The molecule has 1 N–H and O–H groups in total. The number of rotatable bonds is 3. The summed E-state index contributed by atoms with van der Waals surface area (Å²) >= 11 is 0. The SMILES string of the molecule is CCC(O)C(C#N)CC. The van der Waals surface area contributed by atoms with Crippen molar-refractivity contribution in [2.75, 3.05) is 0 Å². The van der Waals surface area contributed by atoms with Gasteiger partial charge in [-0.1, -0.05) is 13.8 Å². The Morgan fingerprint density at radius 2 is 2.00 bits per heavy atom. The van der Waals surface area contributed by atoms with E-state index in [1.807, 2.05) is 13.8 Å². The summed E-state index contributed by atoms with van der Waals surface area (Å²) in [6, 6.07) is 2.05. The molecule has 0 saturated carbocycles. The highest BCUT2D eigenvalue weighted by molar-refractivity contribution is 4.86. The van der Waals surface area contributed by atoms with Crippen LogP contribution < -0.4 is 0 Å². The number of nitrogens with zero attached hydrogens (tertiary/aromatic N) is 1. The summed E-state index contributed by atoms with van der Waals surface area (Å²) in [6.07, 6.45) is 0.984. The van der Waals surface area contributed by atoms with E-state index in [0.717, 1.165) is 6.42 Å². The van der Waals surface area contributed by atoms with E-state index in [2.05, 4.69) is 6.07 Å². The van der Waals surface area contributed by atoms with Gasteiger partial charge < -0.3 is 5.11 Å². The van der Waals surface area contributed by atoms with E-state index in [4.69, 9.17) is 10.4 Å². The van der Waals surface area contributed by atoms with E-state index in [1.54, 1.807) is 0 Å². The molecule has 0 fully saturated rings. The van der Waals surface area contributed by atoms with Crippen LogP contribution in [0.2, 0.25) is 0 Å². The first kappa shape index (κ1) is 8.45. The number of hydrogen-bond donors (Lipinski definition) is 1. The fraction of sp³-hybridized carbons (Fsp3) is 0.857. The summed E-state index contributed by atoms with van der Waals surface area (Å²) in [5.74, 6) is -0.171. The summed E-state index contributed by atoms with van der Waals surface area (Å²) in [5.41, 5.74) is 0. The molecule has 2 nitrogen and oxygen atoms in total. The molecule has 0 bridgehead atoms. The van der Waals surface area contributed by atoms with E-state index in [0.29, 0.717) is 6.42 Å². The molecule has 0 radical (unpaired) electrons. The average Bonchev–Trinajstić information content (AvgIpc) is 1.90. The summed E-state index contributed by atoms with van der Waals surface area (Å²) in [5, 5.41) is 17.5. The van der Waals surface area contributed by atoms with Gasteiger partial charge in [-0.2, -0.15) is 5.26 Å². The maximum absolute atomic E-state index is 9.10. The topological polar surface area (TPSA) is 44.0 Å². The molecular formula is C7H13NO. The fourth-order valence-electron chi connectivity index (χ4n) is 0.734. The molecule has 2 unspecified atom stereocenters. The highest BCUT2D eigenvalue weighted by Crippen LogP contribution is 2.09. The van der Waals surface area contributed by atoms with Crippen molar-refractivity contribution in [1.82, 2.24) is 0 Å². The van der Waals surface area contributed by atoms with Crippen molar-refractivity contribution >= 4 is 0 Å². The molecule has 2 heteroatoms. The van der Waals surface area contributed by atoms with Crippen molar-refractivity contribution in [3.63, 3.8) is 0 Å². The first-order valence-electron chi connectivity index (χ1n) is 3.33. The Morgan fingerprint density at radius 1 is 1.44 bits per heavy atom. The minimum absolute atomic E-state index is 0.171. The van der Waals surface area contributed by atoms with Gasteiger partial charge in [0.1, 0.15) is 0 Å². The summed E-state index contributed by atoms with van der Waals surface area (Å²) in [4.78, 5) is 0. The average molecular weight is 127 g/mol. The van der Waals surface area contributed by atoms with Crippen LogP contribution in [0.5, 0.6) is 0 Å². The first-order chi connectivity index (χ1) is 4.26. The maximum atomic E-state index is 9.10. The molecule has 0 aromatic heterocycles. The highest BCUT2D eigenvalue weighted by Gasteiger charge is 2.13. The summed E-state index contributed by atoms with van der Waals surface area (Å²) in [7, 11) is 0. The van der Waals surface area contributed by atoms with E-state index in [9.17, 15) is 0 Å². The fourth-order valence-corrected chi connectivity index (χ4v) is 0.734. The maximum Gasteiger partial charge on any atom is 0.0720 e. The number of aliphatic hydroxyl groups is 1. The van der Waals surface area contributed by atoms with Gasteiger partial charge in [0.2, 0.25) is 0 Å². The Labute approximate surface area is 56.1 Å². The van der Waals surface area contributed by atoms with Gasteiger partial charge in [-0.25, -0.2) is 0 Å². The lowest BCUT2D eigenvalue weighted by atomic mass is 10.00. The van der Waals surface area contributed by atoms with Gasteiger partial charge in [-0.3, -0.25) is 0 Å². The second-order valence-electron chi connectivity index (χ2n) is 2.12. The summed E-state index contributed by atoms with van der Waals surface area (Å²) < 4.78 is 0. The number of aliphatic hydroxyl groups excluding tert-OH is 1. The predicted octanol–water partition coefficient (Wildman–Crippen LogP) is 1.31. The number of hydrogen-bond acceptors (Lipinski definition) is 2. The van der Waals surface area contributed by atoms with E-state index < -0.39 is 6.10 Å². The van der Waals surface area contributed by atoms with Crippen LogP contribution in [-0.2, 0) is 0 Å². The van der Waals surface area contributed by atoms with Crippen LogP contribution in [0.25, 0.3) is 0 Å². The Morgan fingerprint density at radius 3 is 2.11 bits per heavy atom. The molecule has 9 heavy (non-hydrogen) atoms. The lowest BCUT2D eigenvalue weighted by Gasteiger charge is -2.10. The Hall–Kier alpha value is -0.550. The molecular weight excluding hydrogens is 114 g/mol. The van der Waals surface area contributed by atoms with Gasteiger partial charge in [0.25, 0.3) is 0 Å².